The first-order valence-electron chi connectivity index (χ1n) is 8.57. The van der Waals surface area contributed by atoms with Crippen LogP contribution in [0.2, 0.25) is 10.0 Å². The van der Waals surface area contributed by atoms with Crippen molar-refractivity contribution in [2.75, 3.05) is 13.7 Å². The number of methoxy groups -OCH3 is 1. The van der Waals surface area contributed by atoms with E-state index in [1.807, 2.05) is 0 Å². The molecule has 0 saturated carbocycles. The SMILES string of the molecule is COc1cccc(/C=C2\SC(=O)N(CC(N)=O)C2=O)c1OCc1ccc(Cl)cc1Cl. The van der Waals surface area contributed by atoms with Crippen LogP contribution in [0, 0.1) is 0 Å². The number of hydrogen-bond donors (Lipinski definition) is 1. The summed E-state index contributed by atoms with van der Waals surface area (Å²) in [5, 5.41) is 0.392. The zero-order chi connectivity index (χ0) is 21.8. The van der Waals surface area contributed by atoms with Crippen molar-refractivity contribution in [3.8, 4) is 11.5 Å². The fourth-order valence-electron chi connectivity index (χ4n) is 2.68. The zero-order valence-corrected chi connectivity index (χ0v) is 18.0. The fourth-order valence-corrected chi connectivity index (χ4v) is 3.98. The Morgan fingerprint density at radius 3 is 2.67 bits per heavy atom. The van der Waals surface area contributed by atoms with E-state index < -0.39 is 23.6 Å². The van der Waals surface area contributed by atoms with E-state index >= 15 is 0 Å². The van der Waals surface area contributed by atoms with Gasteiger partial charge < -0.3 is 15.2 Å². The number of ether oxygens (including phenoxy) is 2. The molecule has 1 fully saturated rings. The largest absolute Gasteiger partial charge is 0.493 e. The predicted molar refractivity (Wildman–Crippen MR) is 116 cm³/mol. The van der Waals surface area contributed by atoms with Crippen molar-refractivity contribution in [3.63, 3.8) is 0 Å². The maximum Gasteiger partial charge on any atom is 0.294 e. The van der Waals surface area contributed by atoms with Crippen LogP contribution < -0.4 is 15.2 Å². The zero-order valence-electron chi connectivity index (χ0n) is 15.7. The molecule has 3 amide bonds. The van der Waals surface area contributed by atoms with Crippen LogP contribution in [0.1, 0.15) is 11.1 Å². The number of imide groups is 1. The number of nitrogens with zero attached hydrogens (tertiary/aromatic N) is 1. The van der Waals surface area contributed by atoms with Gasteiger partial charge in [-0.15, -0.1) is 0 Å². The van der Waals surface area contributed by atoms with Gasteiger partial charge >= 0.3 is 0 Å². The predicted octanol–water partition coefficient (Wildman–Crippen LogP) is 4.10. The average molecular weight is 467 g/mol. The first-order chi connectivity index (χ1) is 14.3. The molecule has 0 aliphatic carbocycles. The first-order valence-corrected chi connectivity index (χ1v) is 10.1. The second kappa shape index (κ2) is 9.42. The van der Waals surface area contributed by atoms with E-state index in [1.54, 1.807) is 36.4 Å². The van der Waals surface area contributed by atoms with Crippen molar-refractivity contribution in [1.82, 2.24) is 4.90 Å². The molecule has 30 heavy (non-hydrogen) atoms. The molecule has 156 valence electrons. The molecular formula is C20H16Cl2N2O5S. The van der Waals surface area contributed by atoms with Gasteiger partial charge in [0.2, 0.25) is 5.91 Å². The highest BCUT2D eigenvalue weighted by Gasteiger charge is 2.36. The Kier molecular flexibility index (Phi) is 6.91. The quantitative estimate of drug-likeness (QED) is 0.616. The van der Waals surface area contributed by atoms with Crippen LogP contribution in [0.3, 0.4) is 0 Å². The number of amides is 3. The van der Waals surface area contributed by atoms with E-state index in [2.05, 4.69) is 0 Å². The van der Waals surface area contributed by atoms with Crippen LogP contribution in [0.25, 0.3) is 6.08 Å². The molecular weight excluding hydrogens is 451 g/mol. The van der Waals surface area contributed by atoms with Crippen molar-refractivity contribution in [2.24, 2.45) is 5.73 Å². The lowest BCUT2D eigenvalue weighted by Gasteiger charge is -2.14. The second-order valence-corrected chi connectivity index (χ2v) is 7.97. The molecule has 1 aliphatic heterocycles. The monoisotopic (exact) mass is 466 g/mol. The lowest BCUT2D eigenvalue weighted by molar-refractivity contribution is -0.127. The number of para-hydroxylation sites is 1. The summed E-state index contributed by atoms with van der Waals surface area (Å²) in [4.78, 5) is 36.6. The number of nitrogens with two attached hydrogens (primary N) is 1. The first kappa shape index (κ1) is 22.0. The van der Waals surface area contributed by atoms with Gasteiger partial charge in [0.05, 0.1) is 12.0 Å². The minimum Gasteiger partial charge on any atom is -0.493 e. The summed E-state index contributed by atoms with van der Waals surface area (Å²) in [5.41, 5.74) is 6.33. The number of carbonyl (C=O) groups is 3. The van der Waals surface area contributed by atoms with Gasteiger partial charge in [0.15, 0.2) is 11.5 Å². The van der Waals surface area contributed by atoms with E-state index in [0.29, 0.717) is 32.7 Å². The van der Waals surface area contributed by atoms with Crippen LogP contribution in [-0.4, -0.2) is 35.6 Å². The van der Waals surface area contributed by atoms with Crippen molar-refractivity contribution in [2.45, 2.75) is 6.61 Å². The summed E-state index contributed by atoms with van der Waals surface area (Å²) in [6, 6.07) is 10.2. The molecule has 1 heterocycles. The van der Waals surface area contributed by atoms with Gasteiger partial charge in [0, 0.05) is 21.2 Å². The fraction of sp³-hybridized carbons (Fsp3) is 0.150. The highest BCUT2D eigenvalue weighted by molar-refractivity contribution is 8.18. The van der Waals surface area contributed by atoms with Crippen LogP contribution in [0.4, 0.5) is 4.79 Å². The highest BCUT2D eigenvalue weighted by atomic mass is 35.5. The second-order valence-electron chi connectivity index (χ2n) is 6.14. The van der Waals surface area contributed by atoms with Crippen LogP contribution in [-0.2, 0) is 16.2 Å². The van der Waals surface area contributed by atoms with E-state index in [0.717, 1.165) is 16.7 Å². The molecule has 3 rings (SSSR count). The van der Waals surface area contributed by atoms with Crippen molar-refractivity contribution in [3.05, 3.63) is 62.5 Å². The van der Waals surface area contributed by atoms with Crippen molar-refractivity contribution < 1.29 is 23.9 Å². The summed E-state index contributed by atoms with van der Waals surface area (Å²) in [6.07, 6.45) is 1.51. The molecule has 1 aliphatic rings. The van der Waals surface area contributed by atoms with Crippen LogP contribution in [0.5, 0.6) is 11.5 Å². The smallest absolute Gasteiger partial charge is 0.294 e. The number of benzene rings is 2. The van der Waals surface area contributed by atoms with Crippen molar-refractivity contribution in [1.29, 1.82) is 0 Å². The summed E-state index contributed by atoms with van der Waals surface area (Å²) in [6.45, 7) is -0.348. The Hall–Kier alpha value is -2.68. The van der Waals surface area contributed by atoms with Gasteiger partial charge in [-0.2, -0.15) is 0 Å². The molecule has 10 heteroatoms. The molecule has 2 aromatic carbocycles. The topological polar surface area (TPSA) is 98.9 Å². The van der Waals surface area contributed by atoms with Gasteiger partial charge in [-0.3, -0.25) is 19.3 Å². The summed E-state index contributed by atoms with van der Waals surface area (Å²) in [5.74, 6) is -0.569. The van der Waals surface area contributed by atoms with E-state index in [9.17, 15) is 14.4 Å². The van der Waals surface area contributed by atoms with Gasteiger partial charge in [-0.25, -0.2) is 0 Å². The summed E-state index contributed by atoms with van der Waals surface area (Å²) >= 11 is 12.8. The molecule has 0 atom stereocenters. The van der Waals surface area contributed by atoms with Gasteiger partial charge in [0.25, 0.3) is 11.1 Å². The molecule has 2 N–H and O–H groups in total. The minimum absolute atomic E-state index is 0.125. The Balaban J connectivity index is 1.90. The standard InChI is InChI=1S/C20H16Cl2N2O5S/c1-28-15-4-2-3-11(7-16-19(26)24(9-17(23)25)20(27)30-16)18(15)29-10-12-5-6-13(21)8-14(12)22/h2-8H,9-10H2,1H3,(H2,23,25)/b16-7-. The molecule has 7 nitrogen and oxygen atoms in total. The third-order valence-electron chi connectivity index (χ3n) is 4.09. The maximum atomic E-state index is 12.5. The number of carbonyl (C=O) groups excluding carboxylic acids is 3. The van der Waals surface area contributed by atoms with Gasteiger partial charge in [0.1, 0.15) is 13.2 Å². The molecule has 2 aromatic rings. The number of rotatable bonds is 7. The normalized spacial score (nSPS) is 15.0. The van der Waals surface area contributed by atoms with E-state index in [1.165, 1.54) is 13.2 Å². The Morgan fingerprint density at radius 2 is 2.00 bits per heavy atom. The third kappa shape index (κ3) is 4.89. The van der Waals surface area contributed by atoms with Crippen molar-refractivity contribution >= 4 is 58.1 Å². The van der Waals surface area contributed by atoms with Crippen LogP contribution in [0.15, 0.2) is 41.3 Å². The van der Waals surface area contributed by atoms with E-state index in [4.69, 9.17) is 38.4 Å². The summed E-state index contributed by atoms with van der Waals surface area (Å²) < 4.78 is 11.3. The Labute approximate surface area is 186 Å². The molecule has 0 radical (unpaired) electrons. The van der Waals surface area contributed by atoms with Gasteiger partial charge in [-0.05, 0) is 36.0 Å². The molecule has 0 unspecified atom stereocenters. The molecule has 1 saturated heterocycles. The third-order valence-corrected chi connectivity index (χ3v) is 5.58. The van der Waals surface area contributed by atoms with E-state index in [-0.39, 0.29) is 11.5 Å². The molecule has 0 bridgehead atoms. The number of hydrogen-bond acceptors (Lipinski definition) is 6. The Morgan fingerprint density at radius 1 is 1.23 bits per heavy atom. The lowest BCUT2D eigenvalue weighted by atomic mass is 10.1. The number of thioether (sulfide) groups is 1. The number of halogens is 2. The molecule has 0 aromatic heterocycles. The van der Waals surface area contributed by atoms with Crippen LogP contribution >= 0.6 is 35.0 Å². The maximum absolute atomic E-state index is 12.5. The molecule has 0 spiro atoms. The Bertz CT molecular complexity index is 1060. The number of primary amides is 1. The average Bonchev–Trinajstić information content (AvgIpc) is 2.95. The summed E-state index contributed by atoms with van der Waals surface area (Å²) in [7, 11) is 1.49. The van der Waals surface area contributed by atoms with Gasteiger partial charge in [-0.1, -0.05) is 41.4 Å². The minimum atomic E-state index is -0.774. The highest BCUT2D eigenvalue weighted by Crippen LogP contribution is 2.38. The lowest BCUT2D eigenvalue weighted by Crippen LogP contribution is -2.36.